The summed E-state index contributed by atoms with van der Waals surface area (Å²) in [5, 5.41) is 0. The number of rotatable bonds is 7. The Kier molecular flexibility index (Phi) is 6.52. The number of hydrogen-bond acceptors (Lipinski definition) is 5. The molecule has 0 saturated heterocycles. The van der Waals surface area contributed by atoms with Crippen LogP contribution in [0, 0.1) is 0 Å². The van der Waals surface area contributed by atoms with E-state index < -0.39 is 5.97 Å². The van der Waals surface area contributed by atoms with Gasteiger partial charge in [0.25, 0.3) is 5.91 Å². The smallest absolute Gasteiger partial charge is 0.338 e. The van der Waals surface area contributed by atoms with E-state index in [4.69, 9.17) is 15.2 Å². The van der Waals surface area contributed by atoms with Crippen LogP contribution in [0.15, 0.2) is 18.2 Å². The zero-order chi connectivity index (χ0) is 15.8. The quantitative estimate of drug-likeness (QED) is 0.611. The molecule has 0 saturated carbocycles. The van der Waals surface area contributed by atoms with Crippen LogP contribution in [0.1, 0.15) is 31.1 Å². The van der Waals surface area contributed by atoms with Crippen molar-refractivity contribution in [1.82, 2.24) is 4.90 Å². The zero-order valence-corrected chi connectivity index (χ0v) is 12.7. The van der Waals surface area contributed by atoms with Crippen molar-refractivity contribution in [3.8, 4) is 5.75 Å². The first kappa shape index (κ1) is 16.8. The van der Waals surface area contributed by atoms with Crippen molar-refractivity contribution in [3.05, 3.63) is 23.8 Å². The molecule has 116 valence electrons. The second-order valence-electron chi connectivity index (χ2n) is 4.33. The van der Waals surface area contributed by atoms with E-state index in [-0.39, 0.29) is 12.5 Å². The van der Waals surface area contributed by atoms with E-state index in [9.17, 15) is 9.59 Å². The molecule has 6 nitrogen and oxygen atoms in total. The minimum absolute atomic E-state index is 0.113. The summed E-state index contributed by atoms with van der Waals surface area (Å²) in [6.45, 7) is 6.95. The zero-order valence-electron chi connectivity index (χ0n) is 12.7. The second kappa shape index (κ2) is 8.14. The van der Waals surface area contributed by atoms with Crippen molar-refractivity contribution < 1.29 is 19.1 Å². The third-order valence-electron chi connectivity index (χ3n) is 2.99. The lowest BCUT2D eigenvalue weighted by molar-refractivity contribution is -0.132. The van der Waals surface area contributed by atoms with Gasteiger partial charge in [0.15, 0.2) is 6.61 Å². The van der Waals surface area contributed by atoms with Crippen LogP contribution >= 0.6 is 0 Å². The molecule has 0 unspecified atom stereocenters. The molecule has 0 spiro atoms. The Bertz CT molecular complexity index is 498. The Morgan fingerprint density at radius 3 is 2.43 bits per heavy atom. The Labute approximate surface area is 124 Å². The maximum absolute atomic E-state index is 11.9. The fraction of sp³-hybridized carbons (Fsp3) is 0.467. The predicted molar refractivity (Wildman–Crippen MR) is 80.2 cm³/mol. The van der Waals surface area contributed by atoms with E-state index in [1.807, 2.05) is 13.8 Å². The summed E-state index contributed by atoms with van der Waals surface area (Å²) in [5.41, 5.74) is 6.50. The Morgan fingerprint density at radius 1 is 1.19 bits per heavy atom. The molecule has 0 bridgehead atoms. The molecule has 1 rings (SSSR count). The molecule has 6 heteroatoms. The lowest BCUT2D eigenvalue weighted by Crippen LogP contribution is -2.34. The number of carbonyl (C=O) groups is 2. The number of likely N-dealkylation sites (N-methyl/N-ethyl adjacent to an activating group) is 1. The molecule has 1 amide bonds. The van der Waals surface area contributed by atoms with Gasteiger partial charge >= 0.3 is 5.97 Å². The van der Waals surface area contributed by atoms with Crippen LogP contribution < -0.4 is 10.5 Å². The fourth-order valence-electron chi connectivity index (χ4n) is 1.81. The van der Waals surface area contributed by atoms with Crippen LogP contribution in [0.3, 0.4) is 0 Å². The maximum Gasteiger partial charge on any atom is 0.338 e. The van der Waals surface area contributed by atoms with Gasteiger partial charge in [-0.2, -0.15) is 0 Å². The van der Waals surface area contributed by atoms with Gasteiger partial charge in [0.1, 0.15) is 5.75 Å². The highest BCUT2D eigenvalue weighted by atomic mass is 16.5. The molecule has 0 aliphatic heterocycles. The molecular formula is C15H22N2O4. The Balaban J connectivity index is 2.76. The van der Waals surface area contributed by atoms with Crippen LogP contribution in [-0.2, 0) is 9.53 Å². The van der Waals surface area contributed by atoms with Crippen LogP contribution in [0.4, 0.5) is 5.69 Å². The lowest BCUT2D eigenvalue weighted by Gasteiger charge is -2.19. The number of nitrogen functional groups attached to an aromatic ring is 1. The minimum Gasteiger partial charge on any atom is -0.482 e. The summed E-state index contributed by atoms with van der Waals surface area (Å²) < 4.78 is 10.3. The van der Waals surface area contributed by atoms with Gasteiger partial charge in [-0.25, -0.2) is 4.79 Å². The van der Waals surface area contributed by atoms with Crippen LogP contribution in [0.25, 0.3) is 0 Å². The van der Waals surface area contributed by atoms with E-state index in [2.05, 4.69) is 0 Å². The molecule has 1 aromatic rings. The highest BCUT2D eigenvalue weighted by Gasteiger charge is 2.13. The average molecular weight is 294 g/mol. The molecule has 0 aliphatic rings. The number of carbonyl (C=O) groups excluding carboxylic acids is 2. The van der Waals surface area contributed by atoms with E-state index in [1.54, 1.807) is 24.0 Å². The molecule has 2 N–H and O–H groups in total. The number of ether oxygens (including phenoxy) is 2. The first-order valence-electron chi connectivity index (χ1n) is 7.00. The van der Waals surface area contributed by atoms with Gasteiger partial charge in [-0.3, -0.25) is 4.79 Å². The van der Waals surface area contributed by atoms with Gasteiger partial charge in [0.05, 0.1) is 17.9 Å². The summed E-state index contributed by atoms with van der Waals surface area (Å²) in [6.07, 6.45) is 0. The predicted octanol–water partition coefficient (Wildman–Crippen LogP) is 1.69. The highest BCUT2D eigenvalue weighted by molar-refractivity contribution is 5.90. The maximum atomic E-state index is 11.9. The topological polar surface area (TPSA) is 81.9 Å². The largest absolute Gasteiger partial charge is 0.482 e. The molecule has 0 fully saturated rings. The number of amides is 1. The summed E-state index contributed by atoms with van der Waals surface area (Å²) in [5.74, 6) is -0.264. The summed E-state index contributed by atoms with van der Waals surface area (Å²) >= 11 is 0. The molecule has 0 radical (unpaired) electrons. The van der Waals surface area contributed by atoms with Crippen molar-refractivity contribution in [2.24, 2.45) is 0 Å². The SMILES string of the molecule is CCOC(=O)c1ccc(N)c(OCC(=O)N(CC)CC)c1. The number of anilines is 1. The van der Waals surface area contributed by atoms with Crippen molar-refractivity contribution in [3.63, 3.8) is 0 Å². The molecule has 1 aromatic carbocycles. The van der Waals surface area contributed by atoms with Crippen LogP contribution in [0.2, 0.25) is 0 Å². The fourth-order valence-corrected chi connectivity index (χ4v) is 1.81. The van der Waals surface area contributed by atoms with Gasteiger partial charge in [-0.05, 0) is 39.0 Å². The van der Waals surface area contributed by atoms with Gasteiger partial charge in [0, 0.05) is 13.1 Å². The number of esters is 1. The van der Waals surface area contributed by atoms with Gasteiger partial charge < -0.3 is 20.1 Å². The minimum atomic E-state index is -0.447. The molecule has 21 heavy (non-hydrogen) atoms. The third-order valence-corrected chi connectivity index (χ3v) is 2.99. The Hall–Kier alpha value is -2.24. The van der Waals surface area contributed by atoms with Crippen molar-refractivity contribution in [2.45, 2.75) is 20.8 Å². The normalized spacial score (nSPS) is 10.0. The van der Waals surface area contributed by atoms with Gasteiger partial charge in [-0.15, -0.1) is 0 Å². The standard InChI is InChI=1S/C15H22N2O4/c1-4-17(5-2)14(18)10-21-13-9-11(7-8-12(13)16)15(19)20-6-3/h7-9H,4-6,10,16H2,1-3H3. The number of benzene rings is 1. The first-order valence-corrected chi connectivity index (χ1v) is 7.00. The summed E-state index contributed by atoms with van der Waals surface area (Å²) in [6, 6.07) is 4.61. The van der Waals surface area contributed by atoms with Crippen molar-refractivity contribution in [1.29, 1.82) is 0 Å². The Morgan fingerprint density at radius 2 is 1.86 bits per heavy atom. The molecular weight excluding hydrogens is 272 g/mol. The monoisotopic (exact) mass is 294 g/mol. The number of nitrogens with zero attached hydrogens (tertiary/aromatic N) is 1. The molecule has 0 aromatic heterocycles. The van der Waals surface area contributed by atoms with E-state index >= 15 is 0 Å². The van der Waals surface area contributed by atoms with E-state index in [1.165, 1.54) is 6.07 Å². The van der Waals surface area contributed by atoms with E-state index in [0.29, 0.717) is 36.7 Å². The molecule has 0 aliphatic carbocycles. The van der Waals surface area contributed by atoms with E-state index in [0.717, 1.165) is 0 Å². The highest BCUT2D eigenvalue weighted by Crippen LogP contribution is 2.23. The summed E-state index contributed by atoms with van der Waals surface area (Å²) in [7, 11) is 0. The second-order valence-corrected chi connectivity index (χ2v) is 4.33. The lowest BCUT2D eigenvalue weighted by atomic mass is 10.2. The third kappa shape index (κ3) is 4.66. The molecule has 0 atom stereocenters. The van der Waals surface area contributed by atoms with Crippen molar-refractivity contribution >= 4 is 17.6 Å². The van der Waals surface area contributed by atoms with Crippen LogP contribution in [0.5, 0.6) is 5.75 Å². The number of nitrogens with two attached hydrogens (primary N) is 1. The first-order chi connectivity index (χ1) is 10.0. The number of hydrogen-bond donors (Lipinski definition) is 1. The van der Waals surface area contributed by atoms with Gasteiger partial charge in [0.2, 0.25) is 0 Å². The van der Waals surface area contributed by atoms with Crippen molar-refractivity contribution in [2.75, 3.05) is 32.0 Å². The van der Waals surface area contributed by atoms with Crippen LogP contribution in [-0.4, -0.2) is 43.1 Å². The summed E-state index contributed by atoms with van der Waals surface area (Å²) in [4.78, 5) is 25.2. The van der Waals surface area contributed by atoms with Gasteiger partial charge in [-0.1, -0.05) is 0 Å². The molecule has 0 heterocycles. The average Bonchev–Trinajstić information content (AvgIpc) is 2.47.